The lowest BCUT2D eigenvalue weighted by Gasteiger charge is -2.36. The summed E-state index contributed by atoms with van der Waals surface area (Å²) in [6.45, 7) is 5.33. The fraction of sp³-hybridized carbons (Fsp3) is 0.583. The van der Waals surface area contributed by atoms with Gasteiger partial charge in [-0.05, 0) is 50.8 Å². The van der Waals surface area contributed by atoms with E-state index in [0.29, 0.717) is 38.5 Å². The number of carbonyl (C=O) groups excluding carboxylic acids is 1. The van der Waals surface area contributed by atoms with Crippen molar-refractivity contribution in [1.82, 2.24) is 19.8 Å². The van der Waals surface area contributed by atoms with Crippen LogP contribution < -0.4 is 4.74 Å². The van der Waals surface area contributed by atoms with Crippen molar-refractivity contribution in [1.29, 1.82) is 0 Å². The normalized spacial score (nSPS) is 22.8. The van der Waals surface area contributed by atoms with Gasteiger partial charge in [-0.1, -0.05) is 13.0 Å². The molecule has 0 bridgehead atoms. The third-order valence-corrected chi connectivity index (χ3v) is 6.25. The van der Waals surface area contributed by atoms with Gasteiger partial charge in [-0.15, -0.1) is 0 Å². The number of likely N-dealkylation sites (tertiary alicyclic amines) is 1. The number of hydrogen-bond acceptors (Lipinski definition) is 5. The molecular formula is C24H33FN4O3. The monoisotopic (exact) mass is 444 g/mol. The molecule has 7 nitrogen and oxygen atoms in total. The zero-order chi connectivity index (χ0) is 22.7. The highest BCUT2D eigenvalue weighted by Crippen LogP contribution is 2.38. The van der Waals surface area contributed by atoms with Crippen LogP contribution in [0.5, 0.6) is 5.75 Å². The Bertz CT molecular complexity index is 968. The van der Waals surface area contributed by atoms with Gasteiger partial charge in [0.2, 0.25) is 5.91 Å². The smallest absolute Gasteiger partial charge is 0.246 e. The maximum atomic E-state index is 15.0. The molecule has 2 aliphatic heterocycles. The van der Waals surface area contributed by atoms with Crippen molar-refractivity contribution in [2.75, 3.05) is 46.9 Å². The Morgan fingerprint density at radius 2 is 2.16 bits per heavy atom. The average Bonchev–Trinajstić information content (AvgIpc) is 3.20. The second-order valence-electron chi connectivity index (χ2n) is 9.28. The maximum Gasteiger partial charge on any atom is 0.246 e. The van der Waals surface area contributed by atoms with Gasteiger partial charge in [0, 0.05) is 38.6 Å². The van der Waals surface area contributed by atoms with Crippen LogP contribution in [0.3, 0.4) is 0 Å². The van der Waals surface area contributed by atoms with E-state index in [1.165, 1.54) is 6.20 Å². The molecule has 0 radical (unpaired) electrons. The standard InChI is InChI=1S/C24H33FN4O3/c1-16-11-18(15-29(14-16)21(30)5-4-8-28(2)3)32-23-20(25)13-27-24-22(23)19(12-26-24)17-6-9-31-10-7-17/h4-5,12-13,16-18H,6-11,14-15H2,1-3H3,(H,26,27)/b5-4+/t16-,18+/m0/s1. The van der Waals surface area contributed by atoms with Crippen molar-refractivity contribution in [3.05, 3.63) is 35.9 Å². The molecule has 8 heteroatoms. The fourth-order valence-corrected chi connectivity index (χ4v) is 4.71. The molecule has 0 spiro atoms. The van der Waals surface area contributed by atoms with Gasteiger partial charge in [0.25, 0.3) is 0 Å². The van der Waals surface area contributed by atoms with Gasteiger partial charge in [0.1, 0.15) is 11.8 Å². The predicted molar refractivity (Wildman–Crippen MR) is 121 cm³/mol. The summed E-state index contributed by atoms with van der Waals surface area (Å²) in [6.07, 6.45) is 8.90. The van der Waals surface area contributed by atoms with E-state index < -0.39 is 5.82 Å². The summed E-state index contributed by atoms with van der Waals surface area (Å²) in [6, 6.07) is 0. The van der Waals surface area contributed by atoms with Crippen LogP contribution in [0.15, 0.2) is 24.5 Å². The van der Waals surface area contributed by atoms with Gasteiger partial charge in [-0.3, -0.25) is 4.79 Å². The molecule has 1 amide bonds. The number of halogens is 1. The number of aromatic nitrogens is 2. The van der Waals surface area contributed by atoms with Crippen molar-refractivity contribution >= 4 is 16.9 Å². The van der Waals surface area contributed by atoms with Crippen molar-refractivity contribution < 1.29 is 18.7 Å². The van der Waals surface area contributed by atoms with Crippen LogP contribution in [0.1, 0.15) is 37.7 Å². The van der Waals surface area contributed by atoms with Gasteiger partial charge in [0.05, 0.1) is 18.1 Å². The molecule has 4 heterocycles. The molecule has 0 unspecified atom stereocenters. The van der Waals surface area contributed by atoms with Crippen LogP contribution in [-0.4, -0.2) is 78.7 Å². The first-order valence-corrected chi connectivity index (χ1v) is 11.4. The van der Waals surface area contributed by atoms with Gasteiger partial charge in [0.15, 0.2) is 11.6 Å². The zero-order valence-electron chi connectivity index (χ0n) is 19.1. The fourth-order valence-electron chi connectivity index (χ4n) is 4.71. The van der Waals surface area contributed by atoms with E-state index in [4.69, 9.17) is 9.47 Å². The SMILES string of the molecule is C[C@H]1C[C@@H](Oc2c(F)cnc3[nH]cc(C4CCOCC4)c23)CN(C(=O)/C=C/CN(C)C)C1. The summed E-state index contributed by atoms with van der Waals surface area (Å²) in [4.78, 5) is 23.9. The Hall–Kier alpha value is -2.45. The van der Waals surface area contributed by atoms with Gasteiger partial charge >= 0.3 is 0 Å². The highest BCUT2D eigenvalue weighted by atomic mass is 19.1. The van der Waals surface area contributed by atoms with E-state index in [1.807, 2.05) is 31.3 Å². The number of amides is 1. The summed E-state index contributed by atoms with van der Waals surface area (Å²) >= 11 is 0. The Kier molecular flexibility index (Phi) is 7.10. The molecule has 2 aromatic rings. The number of H-pyrrole nitrogens is 1. The average molecular weight is 445 g/mol. The highest BCUT2D eigenvalue weighted by Gasteiger charge is 2.31. The maximum absolute atomic E-state index is 15.0. The minimum absolute atomic E-state index is 0.0307. The first-order chi connectivity index (χ1) is 15.4. The second kappa shape index (κ2) is 10.0. The van der Waals surface area contributed by atoms with Crippen LogP contribution >= 0.6 is 0 Å². The van der Waals surface area contributed by atoms with Crippen LogP contribution in [0.25, 0.3) is 11.0 Å². The summed E-state index contributed by atoms with van der Waals surface area (Å²) in [7, 11) is 3.92. The molecule has 32 heavy (non-hydrogen) atoms. The molecule has 4 rings (SSSR count). The minimum atomic E-state index is -0.465. The highest BCUT2D eigenvalue weighted by molar-refractivity contribution is 5.88. The van der Waals surface area contributed by atoms with E-state index in [1.54, 1.807) is 11.0 Å². The first-order valence-electron chi connectivity index (χ1n) is 11.4. The molecule has 1 N–H and O–H groups in total. The van der Waals surface area contributed by atoms with Crippen molar-refractivity contribution in [3.8, 4) is 5.75 Å². The molecule has 174 valence electrons. The number of nitrogens with zero attached hydrogens (tertiary/aromatic N) is 3. The number of aromatic amines is 1. The van der Waals surface area contributed by atoms with E-state index in [2.05, 4.69) is 16.9 Å². The lowest BCUT2D eigenvalue weighted by atomic mass is 9.91. The summed E-state index contributed by atoms with van der Waals surface area (Å²) in [5, 5.41) is 0.721. The summed E-state index contributed by atoms with van der Waals surface area (Å²) < 4.78 is 26.8. The minimum Gasteiger partial charge on any atom is -0.485 e. The number of likely N-dealkylation sites (N-methyl/N-ethyl adjacent to an activating group) is 1. The quantitative estimate of drug-likeness (QED) is 0.692. The molecule has 2 atom stereocenters. The molecule has 2 saturated heterocycles. The van der Waals surface area contributed by atoms with Crippen LogP contribution in [0.2, 0.25) is 0 Å². The van der Waals surface area contributed by atoms with Crippen molar-refractivity contribution in [2.24, 2.45) is 5.92 Å². The summed E-state index contributed by atoms with van der Waals surface area (Å²) in [5.41, 5.74) is 1.67. The Morgan fingerprint density at radius 3 is 2.91 bits per heavy atom. The summed E-state index contributed by atoms with van der Waals surface area (Å²) in [5.74, 6) is 0.298. The largest absolute Gasteiger partial charge is 0.485 e. The number of nitrogens with one attached hydrogen (secondary N) is 1. The Morgan fingerprint density at radius 1 is 1.38 bits per heavy atom. The third-order valence-electron chi connectivity index (χ3n) is 6.25. The van der Waals surface area contributed by atoms with E-state index in [9.17, 15) is 9.18 Å². The zero-order valence-corrected chi connectivity index (χ0v) is 19.1. The lowest BCUT2D eigenvalue weighted by molar-refractivity contribution is -0.129. The van der Waals surface area contributed by atoms with Crippen molar-refractivity contribution in [2.45, 2.75) is 38.2 Å². The molecule has 2 aromatic heterocycles. The lowest BCUT2D eigenvalue weighted by Crippen LogP contribution is -2.47. The number of rotatable bonds is 6. The number of hydrogen-bond donors (Lipinski definition) is 1. The second-order valence-corrected chi connectivity index (χ2v) is 9.28. The number of pyridine rings is 1. The number of ether oxygens (including phenoxy) is 2. The van der Waals surface area contributed by atoms with Gasteiger partial charge in [-0.25, -0.2) is 9.37 Å². The first kappa shape index (κ1) is 22.7. The van der Waals surface area contributed by atoms with Crippen LogP contribution in [-0.2, 0) is 9.53 Å². The molecular weight excluding hydrogens is 411 g/mol. The molecule has 0 aliphatic carbocycles. The topological polar surface area (TPSA) is 70.7 Å². The molecule has 2 aliphatic rings. The molecule has 2 fully saturated rings. The number of fused-ring (bicyclic) bond motifs is 1. The van der Waals surface area contributed by atoms with Crippen molar-refractivity contribution in [3.63, 3.8) is 0 Å². The predicted octanol–water partition coefficient (Wildman–Crippen LogP) is 3.33. The van der Waals surface area contributed by atoms with E-state index in [-0.39, 0.29) is 29.6 Å². The Labute approximate surface area is 188 Å². The Balaban J connectivity index is 1.55. The number of piperidine rings is 1. The van der Waals surface area contributed by atoms with E-state index in [0.717, 1.165) is 30.2 Å². The number of carbonyl (C=O) groups is 1. The van der Waals surface area contributed by atoms with Gasteiger partial charge in [-0.2, -0.15) is 0 Å². The van der Waals surface area contributed by atoms with Crippen LogP contribution in [0, 0.1) is 11.7 Å². The van der Waals surface area contributed by atoms with Gasteiger partial charge < -0.3 is 24.3 Å². The third kappa shape index (κ3) is 5.13. The van der Waals surface area contributed by atoms with E-state index >= 15 is 0 Å². The van der Waals surface area contributed by atoms with Crippen LogP contribution in [0.4, 0.5) is 4.39 Å². The molecule has 0 aromatic carbocycles. The molecule has 0 saturated carbocycles.